The van der Waals surface area contributed by atoms with Gasteiger partial charge in [0.05, 0.1) is 39.1 Å². The van der Waals surface area contributed by atoms with Gasteiger partial charge in [-0.25, -0.2) is 0 Å². The van der Waals surface area contributed by atoms with Crippen molar-refractivity contribution in [2.45, 2.75) is 51.2 Å². The third-order valence-corrected chi connectivity index (χ3v) is 6.42. The van der Waals surface area contributed by atoms with Crippen molar-refractivity contribution in [1.29, 1.82) is 0 Å². The summed E-state index contributed by atoms with van der Waals surface area (Å²) in [5.41, 5.74) is 1.25. The zero-order chi connectivity index (χ0) is 22.5. The first-order valence-corrected chi connectivity index (χ1v) is 11.3. The lowest BCUT2D eigenvalue weighted by Crippen LogP contribution is -2.46. The quantitative estimate of drug-likeness (QED) is 0.513. The topological polar surface area (TPSA) is 79.7 Å². The molecule has 1 saturated carbocycles. The lowest BCUT2D eigenvalue weighted by molar-refractivity contribution is 0.234. The molecular formula is C24H29N3O4S. The van der Waals surface area contributed by atoms with Gasteiger partial charge in [-0.05, 0) is 49.3 Å². The van der Waals surface area contributed by atoms with E-state index in [-0.39, 0.29) is 5.56 Å². The number of rotatable bonds is 7. The highest BCUT2D eigenvalue weighted by atomic mass is 32.1. The van der Waals surface area contributed by atoms with Crippen LogP contribution in [0.15, 0.2) is 45.8 Å². The monoisotopic (exact) mass is 455 g/mol. The Kier molecular flexibility index (Phi) is 6.99. The Hall–Kier alpha value is -3.00. The summed E-state index contributed by atoms with van der Waals surface area (Å²) in [5, 5.41) is 4.83. The molecule has 0 atom stereocenters. The van der Waals surface area contributed by atoms with Crippen LogP contribution in [0.2, 0.25) is 0 Å². The summed E-state index contributed by atoms with van der Waals surface area (Å²) in [6.07, 6.45) is 7.38. The van der Waals surface area contributed by atoms with E-state index in [1.54, 1.807) is 26.5 Å². The van der Waals surface area contributed by atoms with Crippen molar-refractivity contribution < 1.29 is 13.9 Å². The standard InChI is InChI=1S/C24H29N3O4S/c1-29-21-12-16-11-17(23(28)26-20(16)13-22(21)30-2)15-27(18-7-4-3-5-8-18)24(32)25-14-19-9-6-10-31-19/h6,9-13,18H,3-5,7-8,14-15H2,1-2H3,(H,25,32)(H,26,28). The Balaban J connectivity index is 1.61. The van der Waals surface area contributed by atoms with Gasteiger partial charge in [0.1, 0.15) is 5.76 Å². The predicted molar refractivity (Wildman–Crippen MR) is 128 cm³/mol. The number of aromatic amines is 1. The van der Waals surface area contributed by atoms with Crippen LogP contribution in [0.1, 0.15) is 43.4 Å². The molecule has 3 aromatic rings. The van der Waals surface area contributed by atoms with Crippen LogP contribution in [-0.2, 0) is 13.1 Å². The smallest absolute Gasteiger partial charge is 0.253 e. The van der Waals surface area contributed by atoms with Gasteiger partial charge in [0, 0.05) is 23.1 Å². The minimum atomic E-state index is -0.126. The lowest BCUT2D eigenvalue weighted by atomic mass is 9.94. The zero-order valence-electron chi connectivity index (χ0n) is 18.5. The van der Waals surface area contributed by atoms with Crippen LogP contribution >= 0.6 is 12.2 Å². The molecule has 2 N–H and O–H groups in total. The molecule has 0 spiro atoms. The van der Waals surface area contributed by atoms with Gasteiger partial charge in [0.25, 0.3) is 5.56 Å². The SMILES string of the molecule is COc1cc2cc(CN(C(=S)NCc3ccco3)C3CCCCC3)c(=O)[nH]c2cc1OC. The van der Waals surface area contributed by atoms with E-state index in [1.807, 2.05) is 24.3 Å². The third kappa shape index (κ3) is 4.91. The predicted octanol–water partition coefficient (Wildman–Crippen LogP) is 4.35. The van der Waals surface area contributed by atoms with Gasteiger partial charge in [-0.3, -0.25) is 4.79 Å². The van der Waals surface area contributed by atoms with Crippen LogP contribution in [0, 0.1) is 0 Å². The average Bonchev–Trinajstić information content (AvgIpc) is 3.34. The molecule has 32 heavy (non-hydrogen) atoms. The molecule has 1 aliphatic carbocycles. The Morgan fingerprint density at radius 1 is 1.19 bits per heavy atom. The number of hydrogen-bond donors (Lipinski definition) is 2. The number of nitrogens with zero attached hydrogens (tertiary/aromatic N) is 1. The molecule has 170 valence electrons. The Bertz CT molecular complexity index is 1120. The molecule has 7 nitrogen and oxygen atoms in total. The van der Waals surface area contributed by atoms with Crippen molar-refractivity contribution in [1.82, 2.24) is 15.2 Å². The van der Waals surface area contributed by atoms with Crippen LogP contribution in [0.4, 0.5) is 0 Å². The van der Waals surface area contributed by atoms with E-state index in [1.165, 1.54) is 19.3 Å². The molecule has 0 aliphatic heterocycles. The summed E-state index contributed by atoms with van der Waals surface area (Å²) < 4.78 is 16.2. The van der Waals surface area contributed by atoms with E-state index in [2.05, 4.69) is 15.2 Å². The summed E-state index contributed by atoms with van der Waals surface area (Å²) in [6.45, 7) is 0.953. The largest absolute Gasteiger partial charge is 0.493 e. The van der Waals surface area contributed by atoms with E-state index >= 15 is 0 Å². The van der Waals surface area contributed by atoms with Crippen molar-refractivity contribution in [2.24, 2.45) is 0 Å². The van der Waals surface area contributed by atoms with Gasteiger partial charge in [0.2, 0.25) is 0 Å². The fourth-order valence-electron chi connectivity index (χ4n) is 4.32. The molecule has 1 aliphatic rings. The highest BCUT2D eigenvalue weighted by molar-refractivity contribution is 7.80. The number of furan rings is 1. The van der Waals surface area contributed by atoms with Crippen molar-refractivity contribution in [3.63, 3.8) is 0 Å². The normalized spacial score (nSPS) is 14.3. The first-order chi connectivity index (χ1) is 15.6. The maximum atomic E-state index is 12.9. The Morgan fingerprint density at radius 3 is 2.62 bits per heavy atom. The summed E-state index contributed by atoms with van der Waals surface area (Å²) in [4.78, 5) is 18.1. The number of hydrogen-bond acceptors (Lipinski definition) is 5. The number of thiocarbonyl (C=S) groups is 1. The molecular weight excluding hydrogens is 426 g/mol. The molecule has 1 fully saturated rings. The van der Waals surface area contributed by atoms with Gasteiger partial charge in [-0.15, -0.1) is 0 Å². The van der Waals surface area contributed by atoms with Crippen molar-refractivity contribution in [3.8, 4) is 11.5 Å². The number of aromatic nitrogens is 1. The molecule has 2 heterocycles. The molecule has 0 bridgehead atoms. The van der Waals surface area contributed by atoms with Gasteiger partial charge >= 0.3 is 0 Å². The van der Waals surface area contributed by atoms with E-state index in [0.29, 0.717) is 46.8 Å². The first kappa shape index (κ1) is 22.2. The van der Waals surface area contributed by atoms with Crippen molar-refractivity contribution in [2.75, 3.05) is 14.2 Å². The van der Waals surface area contributed by atoms with Crippen molar-refractivity contribution in [3.05, 3.63) is 58.3 Å². The van der Waals surface area contributed by atoms with E-state index < -0.39 is 0 Å². The fraction of sp³-hybridized carbons (Fsp3) is 0.417. The van der Waals surface area contributed by atoms with Crippen molar-refractivity contribution >= 4 is 28.2 Å². The van der Waals surface area contributed by atoms with Crippen LogP contribution in [0.5, 0.6) is 11.5 Å². The maximum absolute atomic E-state index is 12.9. The molecule has 0 amide bonds. The molecule has 4 rings (SSSR count). The number of H-pyrrole nitrogens is 1. The number of ether oxygens (including phenoxy) is 2. The lowest BCUT2D eigenvalue weighted by Gasteiger charge is -2.36. The number of methoxy groups -OCH3 is 2. The van der Waals surface area contributed by atoms with Gasteiger partial charge in [-0.2, -0.15) is 0 Å². The molecule has 0 unspecified atom stereocenters. The summed E-state index contributed by atoms with van der Waals surface area (Å²) in [7, 11) is 3.18. The van der Waals surface area contributed by atoms with Crippen LogP contribution in [0.25, 0.3) is 10.9 Å². The van der Waals surface area contributed by atoms with E-state index in [0.717, 1.165) is 24.0 Å². The first-order valence-electron chi connectivity index (χ1n) is 10.9. The number of pyridine rings is 1. The number of nitrogens with one attached hydrogen (secondary N) is 2. The Morgan fingerprint density at radius 2 is 1.94 bits per heavy atom. The second-order valence-corrected chi connectivity index (χ2v) is 8.46. The minimum Gasteiger partial charge on any atom is -0.493 e. The summed E-state index contributed by atoms with van der Waals surface area (Å²) in [6, 6.07) is 9.66. The minimum absolute atomic E-state index is 0.126. The molecule has 8 heteroatoms. The van der Waals surface area contributed by atoms with Crippen LogP contribution in [-0.4, -0.2) is 35.3 Å². The molecule has 0 saturated heterocycles. The molecule has 2 aromatic heterocycles. The number of benzene rings is 1. The highest BCUT2D eigenvalue weighted by Crippen LogP contribution is 2.31. The highest BCUT2D eigenvalue weighted by Gasteiger charge is 2.24. The zero-order valence-corrected chi connectivity index (χ0v) is 19.3. The average molecular weight is 456 g/mol. The van der Waals surface area contributed by atoms with Gasteiger partial charge < -0.3 is 29.1 Å². The maximum Gasteiger partial charge on any atom is 0.253 e. The number of fused-ring (bicyclic) bond motifs is 1. The van der Waals surface area contributed by atoms with E-state index in [9.17, 15) is 4.79 Å². The molecule has 1 aromatic carbocycles. The van der Waals surface area contributed by atoms with Gasteiger partial charge in [-0.1, -0.05) is 19.3 Å². The summed E-state index contributed by atoms with van der Waals surface area (Å²) in [5.74, 6) is 2.02. The summed E-state index contributed by atoms with van der Waals surface area (Å²) >= 11 is 5.76. The fourth-order valence-corrected chi connectivity index (χ4v) is 4.60. The van der Waals surface area contributed by atoms with E-state index in [4.69, 9.17) is 26.1 Å². The van der Waals surface area contributed by atoms with Gasteiger partial charge in [0.15, 0.2) is 16.6 Å². The molecule has 0 radical (unpaired) electrons. The van der Waals surface area contributed by atoms with Crippen LogP contribution in [0.3, 0.4) is 0 Å². The second-order valence-electron chi connectivity index (χ2n) is 8.08. The third-order valence-electron chi connectivity index (χ3n) is 6.04. The second kappa shape index (κ2) is 10.1. The Labute approximate surface area is 192 Å². The van der Waals surface area contributed by atoms with Crippen LogP contribution < -0.4 is 20.3 Å².